The van der Waals surface area contributed by atoms with Crippen LogP contribution in [0.3, 0.4) is 0 Å². The van der Waals surface area contributed by atoms with Crippen LogP contribution in [0.25, 0.3) is 0 Å². The first kappa shape index (κ1) is 13.8. The molecule has 2 N–H and O–H groups in total. The number of hydrogen-bond acceptors (Lipinski definition) is 4. The van der Waals surface area contributed by atoms with Gasteiger partial charge in [0.2, 0.25) is 10.0 Å². The molecule has 4 nitrogen and oxygen atoms in total. The van der Waals surface area contributed by atoms with Gasteiger partial charge in [-0.05, 0) is 29.9 Å². The molecule has 0 bridgehead atoms. The first-order valence-corrected chi connectivity index (χ1v) is 8.16. The largest absolute Gasteiger partial charge is 0.392 e. The minimum absolute atomic E-state index is 0.116. The van der Waals surface area contributed by atoms with Crippen molar-refractivity contribution in [1.82, 2.24) is 4.72 Å². The van der Waals surface area contributed by atoms with Gasteiger partial charge in [0.15, 0.2) is 0 Å². The molecule has 1 fully saturated rings. The number of aliphatic hydroxyl groups is 1. The normalized spacial score (nSPS) is 20.2. The summed E-state index contributed by atoms with van der Waals surface area (Å²) in [4.78, 5) is -0.179. The molecule has 0 aliphatic carbocycles. The summed E-state index contributed by atoms with van der Waals surface area (Å²) in [5.41, 5.74) is 0.203. The maximum Gasteiger partial charge on any atom is 0.241 e. The quantitative estimate of drug-likeness (QED) is 0.872. The third-order valence-electron chi connectivity index (χ3n) is 2.74. The van der Waals surface area contributed by atoms with Crippen LogP contribution in [0, 0.1) is 5.82 Å². The average molecular weight is 291 g/mol. The number of nitrogens with one attached hydrogen (secondary N) is 1. The summed E-state index contributed by atoms with van der Waals surface area (Å²) in [6.45, 7) is -0.435. The zero-order chi connectivity index (χ0) is 13.2. The van der Waals surface area contributed by atoms with Crippen molar-refractivity contribution in [3.8, 4) is 0 Å². The number of sulfonamides is 1. The molecule has 0 radical (unpaired) electrons. The van der Waals surface area contributed by atoms with Crippen LogP contribution in [0.4, 0.5) is 4.39 Å². The van der Waals surface area contributed by atoms with Crippen LogP contribution < -0.4 is 4.72 Å². The summed E-state index contributed by atoms with van der Waals surface area (Å²) in [7, 11) is -3.77. The fraction of sp³-hybridized carbons (Fsp3) is 0.455. The standard InChI is InChI=1S/C11H14FNO3S2/c12-9-2-1-8(6-14)11(5-9)18(15,16)13-10-3-4-17-7-10/h1-2,5,10,13-14H,3-4,6-7H2. The number of hydrogen-bond donors (Lipinski definition) is 2. The lowest BCUT2D eigenvalue weighted by molar-refractivity contribution is 0.278. The summed E-state index contributed by atoms with van der Waals surface area (Å²) in [5, 5.41) is 9.11. The van der Waals surface area contributed by atoms with E-state index in [-0.39, 0.29) is 16.5 Å². The maximum atomic E-state index is 13.1. The smallest absolute Gasteiger partial charge is 0.241 e. The first-order valence-electron chi connectivity index (χ1n) is 5.52. The van der Waals surface area contributed by atoms with Gasteiger partial charge in [-0.25, -0.2) is 17.5 Å². The van der Waals surface area contributed by atoms with Crippen molar-refractivity contribution in [3.63, 3.8) is 0 Å². The molecule has 2 rings (SSSR count). The Kier molecular flexibility index (Phi) is 4.26. The summed E-state index contributed by atoms with van der Waals surface area (Å²) >= 11 is 1.68. The maximum absolute atomic E-state index is 13.1. The summed E-state index contributed by atoms with van der Waals surface area (Å²) in [6, 6.07) is 3.24. The lowest BCUT2D eigenvalue weighted by Crippen LogP contribution is -2.35. The predicted molar refractivity (Wildman–Crippen MR) is 68.4 cm³/mol. The van der Waals surface area contributed by atoms with E-state index >= 15 is 0 Å². The van der Waals surface area contributed by atoms with Crippen LogP contribution in [0.2, 0.25) is 0 Å². The van der Waals surface area contributed by atoms with Crippen molar-refractivity contribution >= 4 is 21.8 Å². The fourth-order valence-corrected chi connectivity index (χ4v) is 4.59. The van der Waals surface area contributed by atoms with Crippen LogP contribution in [0.1, 0.15) is 12.0 Å². The van der Waals surface area contributed by atoms with Crippen molar-refractivity contribution in [1.29, 1.82) is 0 Å². The summed E-state index contributed by atoms with van der Waals surface area (Å²) < 4.78 is 39.9. The van der Waals surface area contributed by atoms with Gasteiger partial charge in [0.05, 0.1) is 11.5 Å². The molecule has 1 aliphatic heterocycles. The third kappa shape index (κ3) is 3.03. The fourth-order valence-electron chi connectivity index (χ4n) is 1.82. The summed E-state index contributed by atoms with van der Waals surface area (Å²) in [6.07, 6.45) is 0.771. The molecule has 1 saturated heterocycles. The van der Waals surface area contributed by atoms with Crippen LogP contribution in [-0.2, 0) is 16.6 Å². The highest BCUT2D eigenvalue weighted by atomic mass is 32.2. The number of halogens is 1. The average Bonchev–Trinajstić information content (AvgIpc) is 2.81. The van der Waals surface area contributed by atoms with E-state index in [0.717, 1.165) is 30.1 Å². The molecule has 1 aliphatic rings. The van der Waals surface area contributed by atoms with Gasteiger partial charge in [-0.2, -0.15) is 11.8 Å². The second kappa shape index (κ2) is 5.56. The molecule has 0 amide bonds. The van der Waals surface area contributed by atoms with Crippen LogP contribution in [0.15, 0.2) is 23.1 Å². The van der Waals surface area contributed by atoms with Crippen molar-refractivity contribution in [2.45, 2.75) is 24.0 Å². The Hall–Kier alpha value is -0.630. The lowest BCUT2D eigenvalue weighted by Gasteiger charge is -2.14. The molecule has 18 heavy (non-hydrogen) atoms. The Balaban J connectivity index is 2.30. The van der Waals surface area contributed by atoms with E-state index in [1.54, 1.807) is 11.8 Å². The van der Waals surface area contributed by atoms with Gasteiger partial charge in [0, 0.05) is 11.8 Å². The molecule has 1 aromatic rings. The van der Waals surface area contributed by atoms with E-state index in [1.807, 2.05) is 0 Å². The second-order valence-electron chi connectivity index (χ2n) is 4.09. The highest BCUT2D eigenvalue weighted by molar-refractivity contribution is 7.99. The molecule has 1 aromatic carbocycles. The van der Waals surface area contributed by atoms with Gasteiger partial charge in [-0.15, -0.1) is 0 Å². The van der Waals surface area contributed by atoms with Gasteiger partial charge >= 0.3 is 0 Å². The Morgan fingerprint density at radius 1 is 1.50 bits per heavy atom. The monoisotopic (exact) mass is 291 g/mol. The van der Waals surface area contributed by atoms with Gasteiger partial charge in [0.1, 0.15) is 5.82 Å². The van der Waals surface area contributed by atoms with Crippen molar-refractivity contribution in [2.75, 3.05) is 11.5 Å². The van der Waals surface area contributed by atoms with E-state index in [2.05, 4.69) is 4.72 Å². The second-order valence-corrected chi connectivity index (χ2v) is 6.92. The Bertz CT molecular complexity index is 527. The van der Waals surface area contributed by atoms with E-state index in [1.165, 1.54) is 6.07 Å². The van der Waals surface area contributed by atoms with E-state index in [0.29, 0.717) is 0 Å². The molecular weight excluding hydrogens is 277 g/mol. The molecule has 1 unspecified atom stereocenters. The minimum Gasteiger partial charge on any atom is -0.392 e. The zero-order valence-corrected chi connectivity index (χ0v) is 11.2. The molecular formula is C11H14FNO3S2. The van der Waals surface area contributed by atoms with E-state index in [4.69, 9.17) is 5.11 Å². The van der Waals surface area contributed by atoms with Crippen molar-refractivity contribution in [2.24, 2.45) is 0 Å². The number of rotatable bonds is 4. The topological polar surface area (TPSA) is 66.4 Å². The predicted octanol–water partition coefficient (Wildman–Crippen LogP) is 1.10. The molecule has 100 valence electrons. The van der Waals surface area contributed by atoms with Crippen LogP contribution >= 0.6 is 11.8 Å². The van der Waals surface area contributed by atoms with E-state index in [9.17, 15) is 12.8 Å². The van der Waals surface area contributed by atoms with Gasteiger partial charge in [-0.1, -0.05) is 6.07 Å². The lowest BCUT2D eigenvalue weighted by atomic mass is 10.2. The van der Waals surface area contributed by atoms with Crippen molar-refractivity contribution < 1.29 is 17.9 Å². The first-order chi connectivity index (χ1) is 8.53. The van der Waals surface area contributed by atoms with Crippen LogP contribution in [-0.4, -0.2) is 31.1 Å². The molecule has 1 atom stereocenters. The molecule has 0 saturated carbocycles. The van der Waals surface area contributed by atoms with Crippen molar-refractivity contribution in [3.05, 3.63) is 29.6 Å². The number of benzene rings is 1. The Labute approximate surface area is 110 Å². The van der Waals surface area contributed by atoms with Gasteiger partial charge in [0.25, 0.3) is 0 Å². The molecule has 0 spiro atoms. The third-order valence-corrected chi connectivity index (χ3v) is 5.51. The molecule has 0 aromatic heterocycles. The highest BCUT2D eigenvalue weighted by Crippen LogP contribution is 2.22. The van der Waals surface area contributed by atoms with Gasteiger partial charge in [-0.3, -0.25) is 0 Å². The Morgan fingerprint density at radius 3 is 2.89 bits per heavy atom. The highest BCUT2D eigenvalue weighted by Gasteiger charge is 2.25. The number of thioether (sulfide) groups is 1. The minimum atomic E-state index is -3.77. The number of aliphatic hydroxyl groups excluding tert-OH is 1. The van der Waals surface area contributed by atoms with Gasteiger partial charge < -0.3 is 5.11 Å². The zero-order valence-electron chi connectivity index (χ0n) is 9.60. The van der Waals surface area contributed by atoms with E-state index < -0.39 is 22.4 Å². The molecule has 7 heteroatoms. The SMILES string of the molecule is O=S(=O)(NC1CCSC1)c1cc(F)ccc1CO. The van der Waals surface area contributed by atoms with Crippen LogP contribution in [0.5, 0.6) is 0 Å². The molecule has 1 heterocycles. The summed E-state index contributed by atoms with van der Waals surface area (Å²) in [5.74, 6) is 1.01. The Morgan fingerprint density at radius 2 is 2.28 bits per heavy atom.